The fraction of sp³-hybridized carbons (Fsp3) is 0.857. The Morgan fingerprint density at radius 2 is 2.20 bits per heavy atom. The highest BCUT2D eigenvalue weighted by atomic mass is 16.5. The molecule has 1 amide bonds. The second kappa shape index (κ2) is 5.69. The quantitative estimate of drug-likeness (QED) is 0.694. The van der Waals surface area contributed by atoms with Crippen LogP contribution in [0.3, 0.4) is 0 Å². The Hall–Kier alpha value is -1.14. The normalized spacial score (nSPS) is 31.0. The molecule has 0 aromatic carbocycles. The first kappa shape index (κ1) is 15.3. The third-order valence-electron chi connectivity index (χ3n) is 4.69. The molecule has 0 saturated carbocycles. The van der Waals surface area contributed by atoms with Gasteiger partial charge in [0.15, 0.2) is 5.54 Å². The summed E-state index contributed by atoms with van der Waals surface area (Å²) >= 11 is 0. The molecule has 114 valence electrons. The number of carboxylic acid groups (broad SMARTS) is 1. The average Bonchev–Trinajstić information content (AvgIpc) is 2.89. The largest absolute Gasteiger partial charge is 0.479 e. The molecule has 2 atom stereocenters. The van der Waals surface area contributed by atoms with Crippen molar-refractivity contribution in [1.29, 1.82) is 0 Å². The lowest BCUT2D eigenvalue weighted by atomic mass is 9.74. The van der Waals surface area contributed by atoms with Crippen LogP contribution < -0.4 is 10.6 Å². The molecule has 2 unspecified atom stereocenters. The highest BCUT2D eigenvalue weighted by Gasteiger charge is 2.47. The van der Waals surface area contributed by atoms with Crippen molar-refractivity contribution in [2.75, 3.05) is 26.3 Å². The molecule has 0 aromatic heterocycles. The van der Waals surface area contributed by atoms with Gasteiger partial charge in [0.25, 0.3) is 0 Å². The zero-order valence-corrected chi connectivity index (χ0v) is 12.2. The molecule has 0 aliphatic carbocycles. The number of hydrogen-bond acceptors (Lipinski definition) is 4. The number of rotatable bonds is 4. The Morgan fingerprint density at radius 1 is 1.45 bits per heavy atom. The minimum atomic E-state index is -1.25. The van der Waals surface area contributed by atoms with Crippen molar-refractivity contribution in [2.45, 2.75) is 38.6 Å². The van der Waals surface area contributed by atoms with E-state index in [1.807, 2.05) is 13.8 Å². The summed E-state index contributed by atoms with van der Waals surface area (Å²) in [5.74, 6) is -0.982. The number of piperidine rings is 1. The Labute approximate surface area is 119 Å². The number of ether oxygens (including phenoxy) is 1. The molecule has 2 rings (SSSR count). The molecule has 20 heavy (non-hydrogen) atoms. The molecule has 0 aromatic rings. The lowest BCUT2D eigenvalue weighted by molar-refractivity contribution is -0.150. The number of nitrogens with one attached hydrogen (secondary N) is 2. The monoisotopic (exact) mass is 284 g/mol. The number of carbonyl (C=O) groups excluding carboxylic acids is 1. The second-order valence-corrected chi connectivity index (χ2v) is 6.41. The molecule has 6 heteroatoms. The van der Waals surface area contributed by atoms with Crippen molar-refractivity contribution in [1.82, 2.24) is 10.6 Å². The van der Waals surface area contributed by atoms with Gasteiger partial charge in [-0.15, -0.1) is 0 Å². The number of carbonyl (C=O) groups is 2. The zero-order chi connectivity index (χ0) is 14.8. The molecule has 0 bridgehead atoms. The predicted octanol–water partition coefficient (Wildman–Crippen LogP) is 0.372. The molecular weight excluding hydrogens is 260 g/mol. The maximum Gasteiger partial charge on any atom is 0.331 e. The summed E-state index contributed by atoms with van der Waals surface area (Å²) in [6.45, 7) is 6.00. The van der Waals surface area contributed by atoms with Crippen molar-refractivity contribution >= 4 is 11.9 Å². The summed E-state index contributed by atoms with van der Waals surface area (Å²) in [6.07, 6.45) is 2.37. The molecule has 2 saturated heterocycles. The second-order valence-electron chi connectivity index (χ2n) is 6.41. The first-order valence-electron chi connectivity index (χ1n) is 7.23. The van der Waals surface area contributed by atoms with Crippen LogP contribution in [-0.4, -0.2) is 48.8 Å². The fourth-order valence-corrected chi connectivity index (χ4v) is 2.92. The summed E-state index contributed by atoms with van der Waals surface area (Å²) in [5, 5.41) is 15.4. The van der Waals surface area contributed by atoms with E-state index in [2.05, 4.69) is 10.6 Å². The van der Waals surface area contributed by atoms with Crippen LogP contribution in [0.15, 0.2) is 0 Å². The average molecular weight is 284 g/mol. The van der Waals surface area contributed by atoms with E-state index in [4.69, 9.17) is 4.74 Å². The predicted molar refractivity (Wildman–Crippen MR) is 73.3 cm³/mol. The molecular formula is C14H24N2O4. The van der Waals surface area contributed by atoms with Crippen LogP contribution in [0.25, 0.3) is 0 Å². The molecule has 3 N–H and O–H groups in total. The van der Waals surface area contributed by atoms with Crippen LogP contribution in [0.4, 0.5) is 0 Å². The van der Waals surface area contributed by atoms with E-state index in [0.717, 1.165) is 25.9 Å². The van der Waals surface area contributed by atoms with E-state index >= 15 is 0 Å². The van der Waals surface area contributed by atoms with Gasteiger partial charge in [0, 0.05) is 18.4 Å². The number of aliphatic carboxylic acids is 1. The van der Waals surface area contributed by atoms with Gasteiger partial charge in [-0.2, -0.15) is 0 Å². The molecule has 2 heterocycles. The Bertz CT molecular complexity index is 383. The van der Waals surface area contributed by atoms with Crippen LogP contribution >= 0.6 is 0 Å². The van der Waals surface area contributed by atoms with Gasteiger partial charge in [-0.05, 0) is 31.8 Å². The van der Waals surface area contributed by atoms with E-state index in [-0.39, 0.29) is 18.4 Å². The van der Waals surface area contributed by atoms with Crippen LogP contribution in [0, 0.1) is 11.3 Å². The van der Waals surface area contributed by atoms with Gasteiger partial charge in [0.2, 0.25) is 5.91 Å². The Morgan fingerprint density at radius 3 is 2.70 bits per heavy atom. The van der Waals surface area contributed by atoms with Gasteiger partial charge in [0.05, 0.1) is 6.61 Å². The van der Waals surface area contributed by atoms with Crippen LogP contribution in [0.5, 0.6) is 0 Å². The van der Waals surface area contributed by atoms with Crippen molar-refractivity contribution in [3.8, 4) is 0 Å². The minimum Gasteiger partial charge on any atom is -0.479 e. The summed E-state index contributed by atoms with van der Waals surface area (Å²) in [5.41, 5.74) is -1.84. The standard InChI is InChI=1S/C14H24N2O4/c1-13(2,10-4-3-6-15-8-10)11(17)16-14(12(18)19)5-7-20-9-14/h10,15H,3-9H2,1-2H3,(H,16,17)(H,18,19). The van der Waals surface area contributed by atoms with Crippen molar-refractivity contribution in [2.24, 2.45) is 11.3 Å². The zero-order valence-electron chi connectivity index (χ0n) is 12.2. The third-order valence-corrected chi connectivity index (χ3v) is 4.69. The molecule has 0 spiro atoms. The first-order chi connectivity index (χ1) is 9.38. The minimum absolute atomic E-state index is 0.0487. The van der Waals surface area contributed by atoms with Gasteiger partial charge in [-0.3, -0.25) is 4.79 Å². The van der Waals surface area contributed by atoms with E-state index in [0.29, 0.717) is 13.0 Å². The third kappa shape index (κ3) is 2.81. The topological polar surface area (TPSA) is 87.7 Å². The fourth-order valence-electron chi connectivity index (χ4n) is 2.92. The van der Waals surface area contributed by atoms with Crippen molar-refractivity contribution < 1.29 is 19.4 Å². The molecule has 2 aliphatic heterocycles. The smallest absolute Gasteiger partial charge is 0.331 e. The lowest BCUT2D eigenvalue weighted by Crippen LogP contribution is -2.59. The SMILES string of the molecule is CC(C)(C(=O)NC1(C(=O)O)CCOC1)C1CCCNC1. The van der Waals surface area contributed by atoms with Crippen LogP contribution in [0.1, 0.15) is 33.1 Å². The van der Waals surface area contributed by atoms with E-state index in [9.17, 15) is 14.7 Å². The number of amides is 1. The first-order valence-corrected chi connectivity index (χ1v) is 7.23. The summed E-state index contributed by atoms with van der Waals surface area (Å²) < 4.78 is 5.17. The maximum atomic E-state index is 12.6. The summed E-state index contributed by atoms with van der Waals surface area (Å²) in [4.78, 5) is 24.0. The van der Waals surface area contributed by atoms with Gasteiger partial charge in [-0.25, -0.2) is 4.79 Å². The lowest BCUT2D eigenvalue weighted by Gasteiger charge is -2.38. The van der Waals surface area contributed by atoms with Crippen LogP contribution in [0.2, 0.25) is 0 Å². The molecule has 2 fully saturated rings. The summed E-state index contributed by atoms with van der Waals surface area (Å²) in [7, 11) is 0. The molecule has 2 aliphatic rings. The maximum absolute atomic E-state index is 12.6. The number of hydrogen-bond donors (Lipinski definition) is 3. The number of carboxylic acids is 1. The highest BCUT2D eigenvalue weighted by molar-refractivity contribution is 5.90. The highest BCUT2D eigenvalue weighted by Crippen LogP contribution is 2.33. The van der Waals surface area contributed by atoms with Gasteiger partial charge >= 0.3 is 5.97 Å². The van der Waals surface area contributed by atoms with Gasteiger partial charge < -0.3 is 20.5 Å². The van der Waals surface area contributed by atoms with E-state index in [1.54, 1.807) is 0 Å². The van der Waals surface area contributed by atoms with Crippen molar-refractivity contribution in [3.63, 3.8) is 0 Å². The van der Waals surface area contributed by atoms with Crippen LogP contribution in [-0.2, 0) is 14.3 Å². The van der Waals surface area contributed by atoms with Crippen molar-refractivity contribution in [3.05, 3.63) is 0 Å². The van der Waals surface area contributed by atoms with Gasteiger partial charge in [0.1, 0.15) is 0 Å². The van der Waals surface area contributed by atoms with Gasteiger partial charge in [-0.1, -0.05) is 13.8 Å². The van der Waals surface area contributed by atoms with E-state index < -0.39 is 16.9 Å². The summed E-state index contributed by atoms with van der Waals surface area (Å²) in [6, 6.07) is 0. The Balaban J connectivity index is 2.07. The Kier molecular flexibility index (Phi) is 4.34. The molecule has 6 nitrogen and oxygen atoms in total. The molecule has 0 radical (unpaired) electrons. The van der Waals surface area contributed by atoms with E-state index in [1.165, 1.54) is 0 Å².